The lowest BCUT2D eigenvalue weighted by molar-refractivity contribution is -0.143. The molecule has 3 aliphatic rings. The van der Waals surface area contributed by atoms with E-state index in [4.69, 9.17) is 4.74 Å². The Kier molecular flexibility index (Phi) is 5.94. The van der Waals surface area contributed by atoms with Crippen LogP contribution in [0.5, 0.6) is 0 Å². The van der Waals surface area contributed by atoms with Gasteiger partial charge in [0.25, 0.3) is 5.91 Å². The van der Waals surface area contributed by atoms with Crippen LogP contribution in [0.4, 0.5) is 29.1 Å². The molecule has 39 heavy (non-hydrogen) atoms. The number of anilines is 2. The van der Waals surface area contributed by atoms with Gasteiger partial charge in [-0.2, -0.15) is 13.2 Å². The molecule has 7 nitrogen and oxygen atoms in total. The summed E-state index contributed by atoms with van der Waals surface area (Å²) in [5.74, 6) is -1.67. The summed E-state index contributed by atoms with van der Waals surface area (Å²) >= 11 is 0. The Hall–Kier alpha value is -3.86. The van der Waals surface area contributed by atoms with Crippen LogP contribution in [0.2, 0.25) is 0 Å². The minimum absolute atomic E-state index is 0.0240. The molecule has 1 saturated heterocycles. The largest absolute Gasteiger partial charge is 0.436 e. The molecule has 0 bridgehead atoms. The third kappa shape index (κ3) is 3.98. The molecule has 1 unspecified atom stereocenters. The molecule has 1 saturated carbocycles. The zero-order chi connectivity index (χ0) is 27.6. The van der Waals surface area contributed by atoms with Crippen molar-refractivity contribution in [2.75, 3.05) is 30.0 Å². The zero-order valence-electron chi connectivity index (χ0n) is 21.1. The lowest BCUT2D eigenvalue weighted by atomic mass is 9.54. The number of halogens is 4. The number of carbonyl (C=O) groups excluding carboxylic acids is 2. The Morgan fingerprint density at radius 3 is 2.59 bits per heavy atom. The van der Waals surface area contributed by atoms with E-state index in [1.165, 1.54) is 0 Å². The van der Waals surface area contributed by atoms with Crippen LogP contribution in [0.15, 0.2) is 42.7 Å². The fourth-order valence-electron chi connectivity index (χ4n) is 6.18. The Bertz CT molecular complexity index is 1510. The van der Waals surface area contributed by atoms with E-state index >= 15 is 0 Å². The first-order valence-electron chi connectivity index (χ1n) is 12.6. The van der Waals surface area contributed by atoms with Crippen LogP contribution in [0.3, 0.4) is 0 Å². The summed E-state index contributed by atoms with van der Waals surface area (Å²) < 4.78 is 59.3. The van der Waals surface area contributed by atoms with Crippen molar-refractivity contribution >= 4 is 23.3 Å². The molecule has 3 aromatic rings. The second kappa shape index (κ2) is 9.11. The van der Waals surface area contributed by atoms with Gasteiger partial charge in [-0.15, -0.1) is 0 Å². The molecule has 0 spiro atoms. The van der Waals surface area contributed by atoms with Gasteiger partial charge in [0.15, 0.2) is 11.5 Å². The maximum atomic E-state index is 14.5. The van der Waals surface area contributed by atoms with Crippen molar-refractivity contribution in [2.45, 2.75) is 25.9 Å². The number of hydrogen-bond acceptors (Lipinski definition) is 5. The predicted octanol–water partition coefficient (Wildman–Crippen LogP) is 5.20. The van der Waals surface area contributed by atoms with Gasteiger partial charge in [0, 0.05) is 47.6 Å². The number of amides is 2. The number of hydrogen-bond donors (Lipinski definition) is 1. The van der Waals surface area contributed by atoms with E-state index in [9.17, 15) is 27.2 Å². The summed E-state index contributed by atoms with van der Waals surface area (Å²) in [6.45, 7) is 5.49. The van der Waals surface area contributed by atoms with Crippen molar-refractivity contribution in [3.05, 3.63) is 70.9 Å². The second-order valence-electron chi connectivity index (χ2n) is 10.1. The van der Waals surface area contributed by atoms with Gasteiger partial charge in [-0.1, -0.05) is 6.07 Å². The third-order valence-electron chi connectivity index (χ3n) is 8.07. The topological polar surface area (TPSA) is 84.4 Å². The molecular weight excluding hydrogens is 516 g/mol. The van der Waals surface area contributed by atoms with E-state index in [1.54, 1.807) is 29.3 Å². The fraction of sp³-hybridized carbons (Fsp3) is 0.357. The van der Waals surface area contributed by atoms with Crippen LogP contribution < -0.4 is 10.2 Å². The van der Waals surface area contributed by atoms with Crippen LogP contribution in [0, 0.1) is 30.5 Å². The quantitative estimate of drug-likeness (QED) is 0.460. The standard InChI is InChI=1S/C28H24F4N4O3/c1-3-36-25-18(21-19-11-39-12-20(19)22(21)27(36)38)8-14(10-34-25)17-9-15(5-4-13(17)2)35-26(37)16-6-7-33-24(23(16)29)28(30,31)32/h4-10,19-22H,3,11-12H2,1-2H3,(H,35,37)/t19-,20?,21+,22-/m0/s1. The molecule has 2 fully saturated rings. The summed E-state index contributed by atoms with van der Waals surface area (Å²) in [5.41, 5.74) is 1.13. The fourth-order valence-corrected chi connectivity index (χ4v) is 6.18. The van der Waals surface area contributed by atoms with Gasteiger partial charge < -0.3 is 10.1 Å². The number of benzene rings is 1. The van der Waals surface area contributed by atoms with Crippen molar-refractivity contribution < 1.29 is 31.9 Å². The molecule has 2 aromatic heterocycles. The number of aryl methyl sites for hydroxylation is 1. The number of aromatic nitrogens is 2. The van der Waals surface area contributed by atoms with E-state index in [1.807, 2.05) is 19.9 Å². The second-order valence-corrected chi connectivity index (χ2v) is 10.1. The Balaban J connectivity index is 1.33. The first-order chi connectivity index (χ1) is 18.6. The number of fused-ring (bicyclic) bond motifs is 6. The first-order valence-corrected chi connectivity index (χ1v) is 12.6. The van der Waals surface area contributed by atoms with Gasteiger partial charge in [-0.25, -0.2) is 14.4 Å². The van der Waals surface area contributed by atoms with E-state index in [0.29, 0.717) is 25.6 Å². The van der Waals surface area contributed by atoms with Gasteiger partial charge in [0.2, 0.25) is 5.91 Å². The Morgan fingerprint density at radius 1 is 1.13 bits per heavy atom. The summed E-state index contributed by atoms with van der Waals surface area (Å²) in [7, 11) is 0. The van der Waals surface area contributed by atoms with Crippen molar-refractivity contribution in [3.63, 3.8) is 0 Å². The third-order valence-corrected chi connectivity index (χ3v) is 8.07. The molecule has 4 heterocycles. The molecule has 11 heteroatoms. The normalized spacial score (nSPS) is 23.5. The lowest BCUT2D eigenvalue weighted by Crippen LogP contribution is -2.57. The molecule has 1 aromatic carbocycles. The number of nitrogens with one attached hydrogen (secondary N) is 1. The maximum absolute atomic E-state index is 14.5. The van der Waals surface area contributed by atoms with Crippen LogP contribution in [0.25, 0.3) is 11.1 Å². The summed E-state index contributed by atoms with van der Waals surface area (Å²) in [6, 6.07) is 7.94. The molecule has 6 rings (SSSR count). The zero-order valence-corrected chi connectivity index (χ0v) is 21.1. The number of rotatable bonds is 4. The highest BCUT2D eigenvalue weighted by Gasteiger charge is 2.60. The van der Waals surface area contributed by atoms with E-state index < -0.39 is 29.2 Å². The molecule has 1 aliphatic carbocycles. The van der Waals surface area contributed by atoms with E-state index in [0.717, 1.165) is 34.5 Å². The summed E-state index contributed by atoms with van der Waals surface area (Å²) in [6.07, 6.45) is -2.61. The Labute approximate surface area is 221 Å². The van der Waals surface area contributed by atoms with E-state index in [2.05, 4.69) is 15.3 Å². The van der Waals surface area contributed by atoms with Crippen LogP contribution >= 0.6 is 0 Å². The Morgan fingerprint density at radius 2 is 1.87 bits per heavy atom. The van der Waals surface area contributed by atoms with Crippen LogP contribution in [-0.4, -0.2) is 41.5 Å². The van der Waals surface area contributed by atoms with E-state index in [-0.39, 0.29) is 35.3 Å². The molecule has 4 atom stereocenters. The number of pyridine rings is 2. The smallest absolute Gasteiger partial charge is 0.381 e. The predicted molar refractivity (Wildman–Crippen MR) is 134 cm³/mol. The number of ether oxygens (including phenoxy) is 1. The minimum Gasteiger partial charge on any atom is -0.381 e. The molecular formula is C28H24F4N4O3. The molecule has 202 valence electrons. The van der Waals surface area contributed by atoms with Gasteiger partial charge in [-0.3, -0.25) is 14.5 Å². The highest BCUT2D eigenvalue weighted by Crippen LogP contribution is 2.60. The van der Waals surface area contributed by atoms with Crippen molar-refractivity contribution in [1.82, 2.24) is 9.97 Å². The van der Waals surface area contributed by atoms with Gasteiger partial charge in [0.05, 0.1) is 24.7 Å². The minimum atomic E-state index is -5.03. The monoisotopic (exact) mass is 540 g/mol. The van der Waals surface area contributed by atoms with Crippen molar-refractivity contribution in [3.8, 4) is 11.1 Å². The van der Waals surface area contributed by atoms with Gasteiger partial charge >= 0.3 is 6.18 Å². The summed E-state index contributed by atoms with van der Waals surface area (Å²) in [4.78, 5) is 35.3. The number of alkyl halides is 3. The van der Waals surface area contributed by atoms with Gasteiger partial charge in [0.1, 0.15) is 5.82 Å². The highest BCUT2D eigenvalue weighted by molar-refractivity contribution is 6.05. The average molecular weight is 541 g/mol. The highest BCUT2D eigenvalue weighted by atomic mass is 19.4. The molecule has 1 N–H and O–H groups in total. The first kappa shape index (κ1) is 25.4. The number of nitrogens with zero attached hydrogens (tertiary/aromatic N) is 3. The van der Waals surface area contributed by atoms with Crippen molar-refractivity contribution in [1.29, 1.82) is 0 Å². The lowest BCUT2D eigenvalue weighted by Gasteiger charge is -2.52. The number of carbonyl (C=O) groups is 2. The SMILES string of the molecule is CCN1C(=O)[C@H]2C3COC[C@@H]3[C@H]2c2cc(-c3cc(NC(=O)c4ccnc(C(F)(F)F)c4F)ccc3C)cnc21. The molecule has 0 radical (unpaired) electrons. The molecule has 2 aliphatic heterocycles. The van der Waals surface area contributed by atoms with Crippen LogP contribution in [-0.2, 0) is 15.7 Å². The van der Waals surface area contributed by atoms with Crippen molar-refractivity contribution in [2.24, 2.45) is 17.8 Å². The van der Waals surface area contributed by atoms with Gasteiger partial charge in [-0.05, 0) is 55.2 Å². The average Bonchev–Trinajstić information content (AvgIpc) is 3.28. The molecule has 2 amide bonds. The maximum Gasteiger partial charge on any atom is 0.436 e. The van der Waals surface area contributed by atoms with Crippen LogP contribution in [0.1, 0.15) is 40.0 Å². The summed E-state index contributed by atoms with van der Waals surface area (Å²) in [5, 5.41) is 2.49.